The molecule has 1 fully saturated rings. The first-order chi connectivity index (χ1) is 11.6. The molecule has 0 bridgehead atoms. The van der Waals surface area contributed by atoms with Crippen LogP contribution in [0.5, 0.6) is 0 Å². The molecule has 1 saturated carbocycles. The first-order valence-electron chi connectivity index (χ1n) is 9.72. The minimum Gasteiger partial charge on any atom is -0.462 e. The molecule has 3 nitrogen and oxygen atoms in total. The smallest absolute Gasteiger partial charge is 0.302 e. The summed E-state index contributed by atoms with van der Waals surface area (Å²) in [5.41, 5.74) is 3.04. The van der Waals surface area contributed by atoms with Crippen molar-refractivity contribution in [3.8, 4) is 0 Å². The lowest BCUT2D eigenvalue weighted by atomic mass is 9.47. The van der Waals surface area contributed by atoms with Gasteiger partial charge < -0.3 is 9.84 Å². The number of ether oxygens (including phenoxy) is 1. The number of allylic oxidation sites excluding steroid dienone is 3. The molecule has 0 unspecified atom stereocenters. The monoisotopic (exact) mass is 348 g/mol. The first kappa shape index (κ1) is 20.2. The van der Waals surface area contributed by atoms with Crippen molar-refractivity contribution >= 4 is 5.97 Å². The van der Waals surface area contributed by atoms with E-state index in [0.29, 0.717) is 18.4 Å². The van der Waals surface area contributed by atoms with Crippen LogP contribution < -0.4 is 0 Å². The molecule has 0 saturated heterocycles. The number of carbonyl (C=O) groups excluding carboxylic acids is 1. The number of aliphatic hydroxyl groups excluding tert-OH is 1. The van der Waals surface area contributed by atoms with Crippen molar-refractivity contribution in [2.45, 2.75) is 79.8 Å². The molecule has 0 amide bonds. The maximum Gasteiger partial charge on any atom is 0.302 e. The van der Waals surface area contributed by atoms with E-state index in [1.165, 1.54) is 18.1 Å². The maximum absolute atomic E-state index is 10.9. The molecule has 1 N–H and O–H groups in total. The molecular weight excluding hydrogens is 312 g/mol. The highest BCUT2D eigenvalue weighted by atomic mass is 16.5. The lowest BCUT2D eigenvalue weighted by Crippen LogP contribution is -2.54. The molecule has 0 aliphatic heterocycles. The third kappa shape index (κ3) is 4.19. The van der Waals surface area contributed by atoms with Crippen LogP contribution in [-0.4, -0.2) is 23.8 Å². The van der Waals surface area contributed by atoms with E-state index in [9.17, 15) is 9.90 Å². The summed E-state index contributed by atoms with van der Waals surface area (Å²) in [6, 6.07) is 0. The fourth-order valence-corrected chi connectivity index (χ4v) is 5.36. The Morgan fingerprint density at radius 2 is 2.04 bits per heavy atom. The lowest BCUT2D eigenvalue weighted by Gasteiger charge is -2.58. The minimum absolute atomic E-state index is 0.0251. The van der Waals surface area contributed by atoms with Gasteiger partial charge in [0, 0.05) is 6.92 Å². The Morgan fingerprint density at radius 3 is 2.68 bits per heavy atom. The average molecular weight is 349 g/mol. The van der Waals surface area contributed by atoms with Crippen LogP contribution in [0.3, 0.4) is 0 Å². The van der Waals surface area contributed by atoms with Gasteiger partial charge in [-0.3, -0.25) is 4.79 Å². The molecule has 4 atom stereocenters. The van der Waals surface area contributed by atoms with Gasteiger partial charge in [-0.05, 0) is 74.7 Å². The van der Waals surface area contributed by atoms with Gasteiger partial charge in [0.05, 0.1) is 6.10 Å². The molecular formula is C22H36O3. The number of esters is 1. The molecule has 2 rings (SSSR count). The van der Waals surface area contributed by atoms with Gasteiger partial charge in [0.15, 0.2) is 0 Å². The summed E-state index contributed by atoms with van der Waals surface area (Å²) in [5, 5.41) is 10.5. The Hall–Kier alpha value is -1.09. The van der Waals surface area contributed by atoms with Gasteiger partial charge in [0.2, 0.25) is 0 Å². The zero-order chi connectivity index (χ0) is 18.8. The average Bonchev–Trinajstić information content (AvgIpc) is 2.50. The molecule has 142 valence electrons. The molecule has 0 radical (unpaired) electrons. The quantitative estimate of drug-likeness (QED) is 0.559. The van der Waals surface area contributed by atoms with Gasteiger partial charge in [-0.1, -0.05) is 38.0 Å². The third-order valence-electron chi connectivity index (χ3n) is 7.08. The Morgan fingerprint density at radius 1 is 1.36 bits per heavy atom. The van der Waals surface area contributed by atoms with E-state index >= 15 is 0 Å². The van der Waals surface area contributed by atoms with Crippen molar-refractivity contribution in [1.82, 2.24) is 0 Å². The van der Waals surface area contributed by atoms with E-state index in [4.69, 9.17) is 4.74 Å². The van der Waals surface area contributed by atoms with Crippen LogP contribution in [0.1, 0.15) is 73.6 Å². The van der Waals surface area contributed by atoms with Crippen LogP contribution in [0.15, 0.2) is 23.3 Å². The molecule has 3 heteroatoms. The Bertz CT molecular complexity index is 558. The number of aliphatic hydroxyl groups is 1. The van der Waals surface area contributed by atoms with Crippen molar-refractivity contribution in [3.63, 3.8) is 0 Å². The van der Waals surface area contributed by atoms with Crippen LogP contribution in [-0.2, 0) is 9.53 Å². The molecule has 0 spiro atoms. The predicted octanol–water partition coefficient (Wildman–Crippen LogP) is 5.05. The summed E-state index contributed by atoms with van der Waals surface area (Å²) in [4.78, 5) is 10.9. The Kier molecular flexibility index (Phi) is 6.19. The van der Waals surface area contributed by atoms with Crippen LogP contribution in [0.2, 0.25) is 0 Å². The maximum atomic E-state index is 10.9. The van der Waals surface area contributed by atoms with Crippen LogP contribution >= 0.6 is 0 Å². The van der Waals surface area contributed by atoms with Crippen LogP contribution in [0.25, 0.3) is 0 Å². The van der Waals surface area contributed by atoms with Crippen molar-refractivity contribution in [2.75, 3.05) is 6.61 Å². The van der Waals surface area contributed by atoms with E-state index in [1.807, 2.05) is 6.08 Å². The molecule has 25 heavy (non-hydrogen) atoms. The van der Waals surface area contributed by atoms with Gasteiger partial charge in [-0.25, -0.2) is 0 Å². The second kappa shape index (κ2) is 7.65. The second-order valence-electron chi connectivity index (χ2n) is 9.06. The van der Waals surface area contributed by atoms with Gasteiger partial charge >= 0.3 is 5.97 Å². The van der Waals surface area contributed by atoms with Crippen molar-refractivity contribution in [2.24, 2.45) is 22.7 Å². The summed E-state index contributed by atoms with van der Waals surface area (Å²) in [6.45, 7) is 13.2. The summed E-state index contributed by atoms with van der Waals surface area (Å²) >= 11 is 0. The molecule has 0 aromatic heterocycles. The lowest BCUT2D eigenvalue weighted by molar-refractivity contribution is -0.139. The highest BCUT2D eigenvalue weighted by Gasteiger charge is 2.54. The Balaban J connectivity index is 2.10. The highest BCUT2D eigenvalue weighted by Crippen LogP contribution is 2.60. The number of fused-ring (bicyclic) bond motifs is 1. The topological polar surface area (TPSA) is 46.5 Å². The number of hydrogen-bond donors (Lipinski definition) is 1. The second-order valence-corrected chi connectivity index (χ2v) is 9.06. The molecule has 0 aromatic rings. The van der Waals surface area contributed by atoms with Crippen LogP contribution in [0, 0.1) is 22.7 Å². The summed E-state index contributed by atoms with van der Waals surface area (Å²) in [5.74, 6) is 0.867. The van der Waals surface area contributed by atoms with Crippen molar-refractivity contribution in [3.05, 3.63) is 23.3 Å². The number of rotatable bonds is 5. The van der Waals surface area contributed by atoms with Crippen LogP contribution in [0.4, 0.5) is 0 Å². The van der Waals surface area contributed by atoms with E-state index in [0.717, 1.165) is 32.1 Å². The fourth-order valence-electron chi connectivity index (χ4n) is 5.36. The zero-order valence-corrected chi connectivity index (χ0v) is 16.9. The summed E-state index contributed by atoms with van der Waals surface area (Å²) < 4.78 is 5.02. The van der Waals surface area contributed by atoms with Gasteiger partial charge in [0.25, 0.3) is 0 Å². The number of carbonyl (C=O) groups is 1. The van der Waals surface area contributed by atoms with Crippen molar-refractivity contribution < 1.29 is 14.6 Å². The predicted molar refractivity (Wildman–Crippen MR) is 102 cm³/mol. The molecule has 2 aliphatic rings. The number of hydrogen-bond acceptors (Lipinski definition) is 3. The highest BCUT2D eigenvalue weighted by molar-refractivity contribution is 5.66. The zero-order valence-electron chi connectivity index (χ0n) is 16.9. The Labute approximate surface area is 153 Å². The van der Waals surface area contributed by atoms with Crippen molar-refractivity contribution in [1.29, 1.82) is 0 Å². The molecule has 0 aromatic carbocycles. The minimum atomic E-state index is -0.228. The standard InChI is InChI=1S/C22H36O3/c1-15(12-14-25-17(3)23)7-9-18-16(2)8-10-19-21(4,5)20(24)11-13-22(18,19)6/h8,12,18-20,24H,7,9-11,13-14H2,1-6H3/b15-12+/t18-,19+,20+,22+/m1/s1. The van der Waals surface area contributed by atoms with E-state index < -0.39 is 0 Å². The normalized spacial score (nSPS) is 34.9. The molecule has 0 heterocycles. The molecule has 2 aliphatic carbocycles. The van der Waals surface area contributed by atoms with E-state index in [2.05, 4.69) is 40.7 Å². The fraction of sp³-hybridized carbons (Fsp3) is 0.773. The summed E-state index contributed by atoms with van der Waals surface area (Å²) in [7, 11) is 0. The largest absolute Gasteiger partial charge is 0.462 e. The first-order valence-corrected chi connectivity index (χ1v) is 9.72. The van der Waals surface area contributed by atoms with Gasteiger partial charge in [-0.15, -0.1) is 0 Å². The van der Waals surface area contributed by atoms with Gasteiger partial charge in [0.1, 0.15) is 6.61 Å². The SMILES string of the molecule is CC(=O)OC/C=C(\C)CC[C@@H]1C(C)=CC[C@H]2C(C)(C)[C@@H](O)CC[C@@]12C. The van der Waals surface area contributed by atoms with E-state index in [1.54, 1.807) is 0 Å². The summed E-state index contributed by atoms with van der Waals surface area (Å²) in [6.07, 6.45) is 9.51. The third-order valence-corrected chi connectivity index (χ3v) is 7.08. The van der Waals surface area contributed by atoms with Gasteiger partial charge in [-0.2, -0.15) is 0 Å². The van der Waals surface area contributed by atoms with E-state index in [-0.39, 0.29) is 22.9 Å².